The first-order valence-corrected chi connectivity index (χ1v) is 9.61. The van der Waals surface area contributed by atoms with E-state index in [4.69, 9.17) is 9.26 Å². The van der Waals surface area contributed by atoms with Crippen LogP contribution in [0.15, 0.2) is 46.3 Å². The summed E-state index contributed by atoms with van der Waals surface area (Å²) < 4.78 is 12.7. The lowest BCUT2D eigenvalue weighted by atomic mass is 10.2. The lowest BCUT2D eigenvalue weighted by Gasteiger charge is -2.08. The standard InChI is InChI=1S/C18H19N5O3S/c1-25-14-5-3-2-4-13(14)20-16(24)10-15-21-17(26-22-15)11-27-18-19-8-9-23(18)12-6-7-12/h2-5,8-9,12H,6-7,10-11H2,1H3,(H,20,24). The fourth-order valence-electron chi connectivity index (χ4n) is 2.67. The van der Waals surface area contributed by atoms with Gasteiger partial charge in [0.1, 0.15) is 5.75 Å². The van der Waals surface area contributed by atoms with Crippen molar-refractivity contribution in [3.63, 3.8) is 0 Å². The number of para-hydroxylation sites is 2. The van der Waals surface area contributed by atoms with E-state index in [1.807, 2.05) is 24.5 Å². The number of rotatable bonds is 8. The van der Waals surface area contributed by atoms with Crippen LogP contribution in [0.1, 0.15) is 30.6 Å². The van der Waals surface area contributed by atoms with Crippen molar-refractivity contribution >= 4 is 23.4 Å². The number of thioether (sulfide) groups is 1. The van der Waals surface area contributed by atoms with Crippen molar-refractivity contribution in [1.29, 1.82) is 0 Å². The summed E-state index contributed by atoms with van der Waals surface area (Å²) in [5, 5.41) is 7.64. The Labute approximate surface area is 160 Å². The fraction of sp³-hybridized carbons (Fsp3) is 0.333. The molecule has 1 saturated carbocycles. The zero-order chi connectivity index (χ0) is 18.6. The highest BCUT2D eigenvalue weighted by Gasteiger charge is 2.25. The molecule has 0 aliphatic heterocycles. The number of anilines is 1. The van der Waals surface area contributed by atoms with Gasteiger partial charge in [-0.15, -0.1) is 0 Å². The van der Waals surface area contributed by atoms with Crippen LogP contribution in [0.3, 0.4) is 0 Å². The molecule has 27 heavy (non-hydrogen) atoms. The number of hydrogen-bond acceptors (Lipinski definition) is 7. The third-order valence-corrected chi connectivity index (χ3v) is 5.07. The monoisotopic (exact) mass is 385 g/mol. The largest absolute Gasteiger partial charge is 0.495 e. The number of carbonyl (C=O) groups is 1. The minimum Gasteiger partial charge on any atom is -0.495 e. The highest BCUT2D eigenvalue weighted by molar-refractivity contribution is 7.98. The van der Waals surface area contributed by atoms with E-state index in [9.17, 15) is 4.79 Å². The molecule has 1 N–H and O–H groups in total. The molecule has 2 heterocycles. The number of benzene rings is 1. The number of hydrogen-bond donors (Lipinski definition) is 1. The third-order valence-electron chi connectivity index (χ3n) is 4.11. The summed E-state index contributed by atoms with van der Waals surface area (Å²) >= 11 is 1.55. The van der Waals surface area contributed by atoms with Crippen LogP contribution in [-0.2, 0) is 17.0 Å². The Bertz CT molecular complexity index is 934. The van der Waals surface area contributed by atoms with Crippen molar-refractivity contribution in [2.45, 2.75) is 36.2 Å². The van der Waals surface area contributed by atoms with Crippen LogP contribution in [0.2, 0.25) is 0 Å². The lowest BCUT2D eigenvalue weighted by molar-refractivity contribution is -0.115. The van der Waals surface area contributed by atoms with E-state index >= 15 is 0 Å². The molecule has 8 nitrogen and oxygen atoms in total. The zero-order valence-electron chi connectivity index (χ0n) is 14.8. The van der Waals surface area contributed by atoms with Gasteiger partial charge in [0.2, 0.25) is 11.8 Å². The van der Waals surface area contributed by atoms with Crippen molar-refractivity contribution in [3.05, 3.63) is 48.4 Å². The third kappa shape index (κ3) is 4.30. The van der Waals surface area contributed by atoms with E-state index in [0.717, 1.165) is 5.16 Å². The molecular formula is C18H19N5O3S. The smallest absolute Gasteiger partial charge is 0.237 e. The highest BCUT2D eigenvalue weighted by Crippen LogP contribution is 2.38. The van der Waals surface area contributed by atoms with Crippen LogP contribution >= 0.6 is 11.8 Å². The number of amides is 1. The van der Waals surface area contributed by atoms with Gasteiger partial charge < -0.3 is 19.1 Å². The van der Waals surface area contributed by atoms with Crippen molar-refractivity contribution in [2.75, 3.05) is 12.4 Å². The molecule has 0 spiro atoms. The second kappa shape index (κ2) is 7.83. The van der Waals surface area contributed by atoms with Crippen molar-refractivity contribution in [3.8, 4) is 5.75 Å². The van der Waals surface area contributed by atoms with Crippen LogP contribution in [-0.4, -0.2) is 32.7 Å². The molecule has 3 aromatic rings. The summed E-state index contributed by atoms with van der Waals surface area (Å²) in [7, 11) is 1.56. The Morgan fingerprint density at radius 3 is 3.07 bits per heavy atom. The van der Waals surface area contributed by atoms with Crippen LogP contribution in [0.5, 0.6) is 5.75 Å². The Morgan fingerprint density at radius 2 is 2.26 bits per heavy atom. The molecular weight excluding hydrogens is 366 g/mol. The number of methoxy groups -OCH3 is 1. The van der Waals surface area contributed by atoms with Gasteiger partial charge in [-0.3, -0.25) is 4.79 Å². The Balaban J connectivity index is 1.32. The van der Waals surface area contributed by atoms with Crippen LogP contribution in [0.25, 0.3) is 0 Å². The van der Waals surface area contributed by atoms with Crippen LogP contribution < -0.4 is 10.1 Å². The average Bonchev–Trinajstić information content (AvgIpc) is 3.24. The maximum Gasteiger partial charge on any atom is 0.237 e. The van der Waals surface area contributed by atoms with E-state index in [-0.39, 0.29) is 12.3 Å². The molecule has 1 aromatic carbocycles. The topological polar surface area (TPSA) is 95.1 Å². The van der Waals surface area contributed by atoms with Gasteiger partial charge in [-0.25, -0.2) is 4.98 Å². The zero-order valence-corrected chi connectivity index (χ0v) is 15.6. The normalized spacial score (nSPS) is 13.5. The summed E-state index contributed by atoms with van der Waals surface area (Å²) in [4.78, 5) is 20.9. The number of carbonyl (C=O) groups excluding carboxylic acids is 1. The van der Waals surface area contributed by atoms with E-state index in [2.05, 4.69) is 25.0 Å². The molecule has 1 amide bonds. The number of ether oxygens (including phenoxy) is 1. The minimum absolute atomic E-state index is 0.0307. The molecule has 0 atom stereocenters. The molecule has 1 fully saturated rings. The average molecular weight is 385 g/mol. The van der Waals surface area contributed by atoms with Gasteiger partial charge in [-0.2, -0.15) is 4.98 Å². The number of nitrogens with one attached hydrogen (secondary N) is 1. The molecule has 9 heteroatoms. The summed E-state index contributed by atoms with van der Waals surface area (Å²) in [6.07, 6.45) is 6.25. The minimum atomic E-state index is -0.233. The van der Waals surface area contributed by atoms with Gasteiger partial charge in [0.15, 0.2) is 11.0 Å². The predicted molar refractivity (Wildman–Crippen MR) is 99.7 cm³/mol. The Hall–Kier alpha value is -2.81. The molecule has 0 unspecified atom stereocenters. The maximum atomic E-state index is 12.2. The first kappa shape index (κ1) is 17.6. The molecule has 0 radical (unpaired) electrons. The maximum absolute atomic E-state index is 12.2. The van der Waals surface area contributed by atoms with Crippen molar-refractivity contribution in [2.24, 2.45) is 0 Å². The van der Waals surface area contributed by atoms with E-state index in [1.165, 1.54) is 12.8 Å². The lowest BCUT2D eigenvalue weighted by Crippen LogP contribution is -2.15. The molecule has 2 aromatic heterocycles. The van der Waals surface area contributed by atoms with E-state index in [1.54, 1.807) is 31.0 Å². The first-order valence-electron chi connectivity index (χ1n) is 8.63. The Kier molecular flexibility index (Phi) is 5.10. The second-order valence-corrected chi connectivity index (χ2v) is 7.11. The van der Waals surface area contributed by atoms with Gasteiger partial charge in [-0.05, 0) is 25.0 Å². The number of aromatic nitrogens is 4. The quantitative estimate of drug-likeness (QED) is 0.595. The number of imidazole rings is 1. The van der Waals surface area contributed by atoms with Gasteiger partial charge in [0.05, 0.1) is 25.0 Å². The van der Waals surface area contributed by atoms with Gasteiger partial charge in [-0.1, -0.05) is 29.1 Å². The van der Waals surface area contributed by atoms with Crippen molar-refractivity contribution in [1.82, 2.24) is 19.7 Å². The van der Waals surface area contributed by atoms with Crippen molar-refractivity contribution < 1.29 is 14.1 Å². The first-order chi connectivity index (χ1) is 13.2. The van der Waals surface area contributed by atoms with Crippen LogP contribution in [0, 0.1) is 0 Å². The summed E-state index contributed by atoms with van der Waals surface area (Å²) in [5.74, 6) is 1.71. The SMILES string of the molecule is COc1ccccc1NC(=O)Cc1noc(CSc2nccn2C2CC2)n1. The summed E-state index contributed by atoms with van der Waals surface area (Å²) in [6, 6.07) is 7.80. The summed E-state index contributed by atoms with van der Waals surface area (Å²) in [5.41, 5.74) is 0.608. The molecule has 1 aliphatic carbocycles. The van der Waals surface area contributed by atoms with Crippen LogP contribution in [0.4, 0.5) is 5.69 Å². The molecule has 1 aliphatic rings. The van der Waals surface area contributed by atoms with E-state index < -0.39 is 0 Å². The molecule has 140 valence electrons. The Morgan fingerprint density at radius 1 is 1.41 bits per heavy atom. The van der Waals surface area contributed by atoms with E-state index in [0.29, 0.717) is 34.9 Å². The van der Waals surface area contributed by atoms with Gasteiger partial charge >= 0.3 is 0 Å². The number of nitrogens with zero attached hydrogens (tertiary/aromatic N) is 4. The molecule has 0 bridgehead atoms. The molecule has 4 rings (SSSR count). The van der Waals surface area contributed by atoms with Gasteiger partial charge in [0, 0.05) is 18.4 Å². The predicted octanol–water partition coefficient (Wildman–Crippen LogP) is 3.08. The fourth-order valence-corrected chi connectivity index (χ4v) is 3.54. The highest BCUT2D eigenvalue weighted by atomic mass is 32.2. The second-order valence-electron chi connectivity index (χ2n) is 6.17. The van der Waals surface area contributed by atoms with Gasteiger partial charge in [0.25, 0.3) is 0 Å². The summed E-state index contributed by atoms with van der Waals surface area (Å²) in [6.45, 7) is 0. The molecule has 0 saturated heterocycles.